The van der Waals surface area contributed by atoms with Crippen molar-refractivity contribution in [3.8, 4) is 5.75 Å². The first-order chi connectivity index (χ1) is 7.31. The summed E-state index contributed by atoms with van der Waals surface area (Å²) in [6.07, 6.45) is 5.22. The molecule has 0 unspecified atom stereocenters. The van der Waals surface area contributed by atoms with E-state index in [4.69, 9.17) is 10.5 Å². The molecule has 0 aliphatic heterocycles. The molecule has 1 atom stereocenters. The van der Waals surface area contributed by atoms with Gasteiger partial charge in [0.2, 0.25) is 0 Å². The molecule has 1 aliphatic carbocycles. The molecule has 0 heterocycles. The highest BCUT2D eigenvalue weighted by molar-refractivity contribution is 5.30. The van der Waals surface area contributed by atoms with E-state index in [9.17, 15) is 0 Å². The minimum absolute atomic E-state index is 0.183. The van der Waals surface area contributed by atoms with Crippen LogP contribution in [0.5, 0.6) is 5.75 Å². The van der Waals surface area contributed by atoms with Crippen molar-refractivity contribution in [3.63, 3.8) is 0 Å². The highest BCUT2D eigenvalue weighted by atomic mass is 16.5. The maximum Gasteiger partial charge on any atom is 0.119 e. The second-order valence-electron chi connectivity index (χ2n) is 4.35. The molecule has 15 heavy (non-hydrogen) atoms. The third-order valence-electron chi connectivity index (χ3n) is 3.39. The SMILES string of the molecule is COc1cccc([C@H](N)C2CCCC2)c1. The fraction of sp³-hybridized carbons (Fsp3) is 0.538. The molecule has 0 spiro atoms. The third-order valence-corrected chi connectivity index (χ3v) is 3.39. The Hall–Kier alpha value is -1.02. The quantitative estimate of drug-likeness (QED) is 0.823. The molecule has 2 heteroatoms. The van der Waals surface area contributed by atoms with Gasteiger partial charge in [-0.15, -0.1) is 0 Å². The highest BCUT2D eigenvalue weighted by Gasteiger charge is 2.23. The molecular weight excluding hydrogens is 186 g/mol. The fourth-order valence-electron chi connectivity index (χ4n) is 2.44. The smallest absolute Gasteiger partial charge is 0.119 e. The van der Waals surface area contributed by atoms with E-state index in [-0.39, 0.29) is 6.04 Å². The van der Waals surface area contributed by atoms with Crippen molar-refractivity contribution in [2.24, 2.45) is 11.7 Å². The normalized spacial score (nSPS) is 19.1. The minimum atomic E-state index is 0.183. The summed E-state index contributed by atoms with van der Waals surface area (Å²) in [7, 11) is 1.69. The molecule has 1 fully saturated rings. The van der Waals surface area contributed by atoms with Crippen molar-refractivity contribution in [3.05, 3.63) is 29.8 Å². The van der Waals surface area contributed by atoms with Gasteiger partial charge in [0.1, 0.15) is 5.75 Å². The Bertz CT molecular complexity index is 318. The first kappa shape index (κ1) is 10.5. The topological polar surface area (TPSA) is 35.2 Å². The summed E-state index contributed by atoms with van der Waals surface area (Å²) in [5.41, 5.74) is 7.48. The van der Waals surface area contributed by atoms with Gasteiger partial charge in [0.05, 0.1) is 7.11 Å². The first-order valence-corrected chi connectivity index (χ1v) is 5.71. The van der Waals surface area contributed by atoms with Crippen LogP contribution in [-0.4, -0.2) is 7.11 Å². The molecule has 1 aromatic carbocycles. The van der Waals surface area contributed by atoms with Crippen LogP contribution in [0.15, 0.2) is 24.3 Å². The molecule has 2 nitrogen and oxygen atoms in total. The van der Waals surface area contributed by atoms with Crippen molar-refractivity contribution >= 4 is 0 Å². The molecule has 1 saturated carbocycles. The zero-order valence-electron chi connectivity index (χ0n) is 9.28. The molecule has 0 saturated heterocycles. The molecule has 2 rings (SSSR count). The Morgan fingerprint density at radius 1 is 1.33 bits per heavy atom. The van der Waals surface area contributed by atoms with Gasteiger partial charge in [-0.1, -0.05) is 25.0 Å². The molecule has 1 aliphatic rings. The lowest BCUT2D eigenvalue weighted by molar-refractivity contribution is 0.409. The van der Waals surface area contributed by atoms with E-state index in [2.05, 4.69) is 12.1 Å². The summed E-state index contributed by atoms with van der Waals surface area (Å²) in [4.78, 5) is 0. The lowest BCUT2D eigenvalue weighted by atomic mass is 9.92. The van der Waals surface area contributed by atoms with Gasteiger partial charge in [0, 0.05) is 6.04 Å². The zero-order chi connectivity index (χ0) is 10.7. The van der Waals surface area contributed by atoms with E-state index in [1.54, 1.807) is 7.11 Å². The lowest BCUT2D eigenvalue weighted by Crippen LogP contribution is -2.18. The fourth-order valence-corrected chi connectivity index (χ4v) is 2.44. The van der Waals surface area contributed by atoms with Crippen LogP contribution in [0.25, 0.3) is 0 Å². The highest BCUT2D eigenvalue weighted by Crippen LogP contribution is 2.34. The molecule has 0 aromatic heterocycles. The van der Waals surface area contributed by atoms with Gasteiger partial charge in [-0.3, -0.25) is 0 Å². The summed E-state index contributed by atoms with van der Waals surface area (Å²) in [5.74, 6) is 1.57. The second-order valence-corrected chi connectivity index (χ2v) is 4.35. The summed E-state index contributed by atoms with van der Waals surface area (Å²) in [6, 6.07) is 8.32. The summed E-state index contributed by atoms with van der Waals surface area (Å²) >= 11 is 0. The Balaban J connectivity index is 2.13. The van der Waals surface area contributed by atoms with Gasteiger partial charge in [-0.25, -0.2) is 0 Å². The van der Waals surface area contributed by atoms with Gasteiger partial charge < -0.3 is 10.5 Å². The Morgan fingerprint density at radius 2 is 2.07 bits per heavy atom. The number of nitrogens with two attached hydrogens (primary N) is 1. The lowest BCUT2D eigenvalue weighted by Gasteiger charge is -2.19. The molecule has 0 bridgehead atoms. The van der Waals surface area contributed by atoms with Crippen LogP contribution in [0.2, 0.25) is 0 Å². The average molecular weight is 205 g/mol. The predicted molar refractivity (Wildman–Crippen MR) is 61.9 cm³/mol. The van der Waals surface area contributed by atoms with Crippen molar-refractivity contribution in [1.29, 1.82) is 0 Å². The predicted octanol–water partition coefficient (Wildman–Crippen LogP) is 2.89. The van der Waals surface area contributed by atoms with Crippen LogP contribution in [0.1, 0.15) is 37.3 Å². The summed E-state index contributed by atoms with van der Waals surface area (Å²) in [6.45, 7) is 0. The van der Waals surface area contributed by atoms with Crippen molar-refractivity contribution in [2.75, 3.05) is 7.11 Å². The Morgan fingerprint density at radius 3 is 2.73 bits per heavy atom. The van der Waals surface area contributed by atoms with E-state index in [1.165, 1.54) is 31.2 Å². The first-order valence-electron chi connectivity index (χ1n) is 5.71. The average Bonchev–Trinajstić information content (AvgIpc) is 2.81. The number of hydrogen-bond donors (Lipinski definition) is 1. The van der Waals surface area contributed by atoms with Crippen LogP contribution in [0.3, 0.4) is 0 Å². The zero-order valence-corrected chi connectivity index (χ0v) is 9.28. The number of ether oxygens (including phenoxy) is 1. The Labute approximate surface area is 91.4 Å². The molecule has 1 aromatic rings. The number of hydrogen-bond acceptors (Lipinski definition) is 2. The maximum atomic E-state index is 6.27. The molecule has 82 valence electrons. The van der Waals surface area contributed by atoms with Crippen molar-refractivity contribution < 1.29 is 4.74 Å². The summed E-state index contributed by atoms with van der Waals surface area (Å²) in [5, 5.41) is 0. The van der Waals surface area contributed by atoms with Gasteiger partial charge in [0.15, 0.2) is 0 Å². The number of methoxy groups -OCH3 is 1. The monoisotopic (exact) mass is 205 g/mol. The second kappa shape index (κ2) is 4.67. The number of benzene rings is 1. The van der Waals surface area contributed by atoms with Gasteiger partial charge in [-0.2, -0.15) is 0 Å². The Kier molecular flexibility index (Phi) is 3.27. The van der Waals surface area contributed by atoms with E-state index >= 15 is 0 Å². The van der Waals surface area contributed by atoms with Crippen LogP contribution in [0.4, 0.5) is 0 Å². The van der Waals surface area contributed by atoms with Gasteiger partial charge >= 0.3 is 0 Å². The molecule has 2 N–H and O–H groups in total. The summed E-state index contributed by atoms with van der Waals surface area (Å²) < 4.78 is 5.21. The van der Waals surface area contributed by atoms with E-state index in [0.717, 1.165) is 5.75 Å². The number of rotatable bonds is 3. The standard InChI is InChI=1S/C13H19NO/c1-15-12-8-4-7-11(9-12)13(14)10-5-2-3-6-10/h4,7-10,13H,2-3,5-6,14H2,1H3/t13-/m1/s1. The van der Waals surface area contributed by atoms with Gasteiger partial charge in [-0.05, 0) is 36.5 Å². The van der Waals surface area contributed by atoms with Crippen molar-refractivity contribution in [1.82, 2.24) is 0 Å². The van der Waals surface area contributed by atoms with Crippen LogP contribution in [-0.2, 0) is 0 Å². The molecule has 0 amide bonds. The van der Waals surface area contributed by atoms with Crippen LogP contribution >= 0.6 is 0 Å². The minimum Gasteiger partial charge on any atom is -0.497 e. The van der Waals surface area contributed by atoms with Crippen LogP contribution < -0.4 is 10.5 Å². The third kappa shape index (κ3) is 2.32. The largest absolute Gasteiger partial charge is 0.497 e. The maximum absolute atomic E-state index is 6.27. The van der Waals surface area contributed by atoms with Gasteiger partial charge in [0.25, 0.3) is 0 Å². The molecule has 0 radical (unpaired) electrons. The van der Waals surface area contributed by atoms with E-state index in [0.29, 0.717) is 5.92 Å². The molecular formula is C13H19NO. The van der Waals surface area contributed by atoms with Crippen molar-refractivity contribution in [2.45, 2.75) is 31.7 Å². The van der Waals surface area contributed by atoms with Crippen LogP contribution in [0, 0.1) is 5.92 Å². The van der Waals surface area contributed by atoms with E-state index in [1.807, 2.05) is 12.1 Å². The van der Waals surface area contributed by atoms with E-state index < -0.39 is 0 Å².